The van der Waals surface area contributed by atoms with Crippen molar-refractivity contribution in [1.29, 1.82) is 0 Å². The summed E-state index contributed by atoms with van der Waals surface area (Å²) in [4.78, 5) is 30.1. The van der Waals surface area contributed by atoms with Gasteiger partial charge in [-0.3, -0.25) is 14.0 Å². The van der Waals surface area contributed by atoms with Crippen LogP contribution in [0.2, 0.25) is 0 Å². The van der Waals surface area contributed by atoms with Crippen LogP contribution in [0.15, 0.2) is 40.6 Å². The van der Waals surface area contributed by atoms with E-state index in [0.29, 0.717) is 17.4 Å². The molecule has 0 aliphatic carbocycles. The lowest BCUT2D eigenvalue weighted by Crippen LogP contribution is -2.32. The number of rotatable bonds is 5. The summed E-state index contributed by atoms with van der Waals surface area (Å²) in [5, 5.41) is 4.70. The van der Waals surface area contributed by atoms with Gasteiger partial charge in [-0.25, -0.2) is 4.98 Å². The highest BCUT2D eigenvalue weighted by Crippen LogP contribution is 2.24. The maximum atomic E-state index is 12.9. The van der Waals surface area contributed by atoms with Crippen molar-refractivity contribution < 1.29 is 4.79 Å². The van der Waals surface area contributed by atoms with Gasteiger partial charge in [0.05, 0.1) is 5.69 Å². The number of thiazole rings is 1. The summed E-state index contributed by atoms with van der Waals surface area (Å²) in [6.45, 7) is 6.75. The van der Waals surface area contributed by atoms with Crippen LogP contribution >= 0.6 is 11.3 Å². The number of hydrogen-bond acceptors (Lipinski definition) is 4. The molecule has 0 aliphatic rings. The molecular weight excluding hydrogens is 334 g/mol. The Morgan fingerprint density at radius 2 is 2.00 bits per heavy atom. The first-order valence-electron chi connectivity index (χ1n) is 8.32. The Morgan fingerprint density at radius 3 is 2.68 bits per heavy atom. The lowest BCUT2D eigenvalue weighted by molar-refractivity contribution is 0.0950. The third kappa shape index (κ3) is 3.64. The van der Waals surface area contributed by atoms with Crippen molar-refractivity contribution in [2.45, 2.75) is 27.2 Å². The van der Waals surface area contributed by atoms with Crippen molar-refractivity contribution in [3.8, 4) is 11.3 Å². The molecule has 25 heavy (non-hydrogen) atoms. The molecule has 1 amide bonds. The lowest BCUT2D eigenvalue weighted by Gasteiger charge is -2.07. The second kappa shape index (κ2) is 7.19. The summed E-state index contributed by atoms with van der Waals surface area (Å²) < 4.78 is 1.52. The van der Waals surface area contributed by atoms with Gasteiger partial charge in [0.2, 0.25) is 0 Å². The maximum absolute atomic E-state index is 12.9. The fraction of sp³-hybridized carbons (Fsp3) is 0.316. The summed E-state index contributed by atoms with van der Waals surface area (Å²) in [6.07, 6.45) is 2.24. The molecule has 0 fully saturated rings. The van der Waals surface area contributed by atoms with Crippen molar-refractivity contribution in [2.75, 3.05) is 6.54 Å². The number of aromatic nitrogens is 2. The fourth-order valence-electron chi connectivity index (χ4n) is 2.54. The normalized spacial score (nSPS) is 11.2. The average molecular weight is 355 g/mol. The van der Waals surface area contributed by atoms with Crippen LogP contribution in [0, 0.1) is 12.8 Å². The molecule has 5 nitrogen and oxygen atoms in total. The first-order chi connectivity index (χ1) is 12.0. The standard InChI is InChI=1S/C19H21N3O2S/c1-12(2)8-9-20-17(23)15-10-21-19-22(18(15)24)16(11-25-19)14-6-4-13(3)5-7-14/h4-7,10-12H,8-9H2,1-3H3,(H,20,23). The number of benzene rings is 1. The minimum atomic E-state index is -0.367. The van der Waals surface area contributed by atoms with Gasteiger partial charge in [0, 0.05) is 18.1 Å². The van der Waals surface area contributed by atoms with E-state index in [4.69, 9.17) is 0 Å². The van der Waals surface area contributed by atoms with Gasteiger partial charge >= 0.3 is 0 Å². The quantitative estimate of drug-likeness (QED) is 0.762. The molecule has 6 heteroatoms. The minimum absolute atomic E-state index is 0.0769. The van der Waals surface area contributed by atoms with E-state index in [2.05, 4.69) is 24.1 Å². The molecule has 0 aliphatic heterocycles. The molecule has 1 aromatic carbocycles. The van der Waals surface area contributed by atoms with E-state index < -0.39 is 0 Å². The molecule has 0 atom stereocenters. The van der Waals surface area contributed by atoms with Crippen molar-refractivity contribution in [3.63, 3.8) is 0 Å². The number of fused-ring (bicyclic) bond motifs is 1. The van der Waals surface area contributed by atoms with Gasteiger partial charge in [0.15, 0.2) is 4.96 Å². The molecule has 0 saturated heterocycles. The molecule has 0 radical (unpaired) electrons. The predicted molar refractivity (Wildman–Crippen MR) is 101 cm³/mol. The van der Waals surface area contributed by atoms with Gasteiger partial charge in [-0.2, -0.15) is 0 Å². The van der Waals surface area contributed by atoms with Crippen molar-refractivity contribution >= 4 is 22.2 Å². The number of aryl methyl sites for hydroxylation is 1. The highest BCUT2D eigenvalue weighted by molar-refractivity contribution is 7.15. The van der Waals surface area contributed by atoms with Crippen LogP contribution in [-0.2, 0) is 0 Å². The van der Waals surface area contributed by atoms with Gasteiger partial charge in [-0.05, 0) is 24.8 Å². The zero-order valence-electron chi connectivity index (χ0n) is 14.6. The third-order valence-corrected chi connectivity index (χ3v) is 4.88. The average Bonchev–Trinajstić information content (AvgIpc) is 3.00. The van der Waals surface area contributed by atoms with Crippen molar-refractivity contribution in [3.05, 3.63) is 57.3 Å². The zero-order valence-corrected chi connectivity index (χ0v) is 15.4. The number of nitrogens with zero attached hydrogens (tertiary/aromatic N) is 2. The van der Waals surface area contributed by atoms with Gasteiger partial charge < -0.3 is 5.32 Å². The summed E-state index contributed by atoms with van der Waals surface area (Å²) in [5.74, 6) is 0.126. The fourth-order valence-corrected chi connectivity index (χ4v) is 3.40. The molecular formula is C19H21N3O2S. The zero-order chi connectivity index (χ0) is 18.0. The molecule has 0 bridgehead atoms. The molecule has 3 rings (SSSR count). The SMILES string of the molecule is Cc1ccc(-c2csc3ncc(C(=O)NCCC(C)C)c(=O)n23)cc1. The van der Waals surface area contributed by atoms with Crippen LogP contribution in [0.3, 0.4) is 0 Å². The van der Waals surface area contributed by atoms with Gasteiger partial charge in [0.1, 0.15) is 5.56 Å². The summed E-state index contributed by atoms with van der Waals surface area (Å²) in [7, 11) is 0. The Bertz CT molecular complexity index is 955. The Kier molecular flexibility index (Phi) is 4.99. The largest absolute Gasteiger partial charge is 0.352 e. The van der Waals surface area contributed by atoms with Crippen LogP contribution in [-0.4, -0.2) is 21.8 Å². The van der Waals surface area contributed by atoms with Gasteiger partial charge in [-0.1, -0.05) is 43.7 Å². The lowest BCUT2D eigenvalue weighted by atomic mass is 10.1. The van der Waals surface area contributed by atoms with Crippen molar-refractivity contribution in [1.82, 2.24) is 14.7 Å². The van der Waals surface area contributed by atoms with Crippen LogP contribution in [0.5, 0.6) is 0 Å². The molecule has 1 N–H and O–H groups in total. The predicted octanol–water partition coefficient (Wildman–Crippen LogP) is 3.51. The highest BCUT2D eigenvalue weighted by Gasteiger charge is 2.16. The van der Waals surface area contributed by atoms with E-state index >= 15 is 0 Å². The summed E-state index contributed by atoms with van der Waals surface area (Å²) in [6, 6.07) is 7.94. The van der Waals surface area contributed by atoms with E-state index in [1.54, 1.807) is 0 Å². The van der Waals surface area contributed by atoms with Crippen LogP contribution in [0.4, 0.5) is 0 Å². The van der Waals surface area contributed by atoms with Gasteiger partial charge in [0.25, 0.3) is 11.5 Å². The number of hydrogen-bond donors (Lipinski definition) is 1. The topological polar surface area (TPSA) is 63.5 Å². The first kappa shape index (κ1) is 17.4. The second-order valence-corrected chi connectivity index (χ2v) is 7.36. The Hall–Kier alpha value is -2.47. The molecule has 3 aromatic rings. The number of amides is 1. The van der Waals surface area contributed by atoms with Gasteiger partial charge in [-0.15, -0.1) is 11.3 Å². The van der Waals surface area contributed by atoms with Crippen LogP contribution < -0.4 is 10.9 Å². The summed E-state index contributed by atoms with van der Waals surface area (Å²) in [5.41, 5.74) is 2.59. The third-order valence-electron chi connectivity index (χ3n) is 4.04. The Labute approximate surface area is 150 Å². The number of carbonyl (C=O) groups is 1. The summed E-state index contributed by atoms with van der Waals surface area (Å²) >= 11 is 1.39. The number of nitrogens with one attached hydrogen (secondary N) is 1. The Morgan fingerprint density at radius 1 is 1.28 bits per heavy atom. The highest BCUT2D eigenvalue weighted by atomic mass is 32.1. The smallest absolute Gasteiger partial charge is 0.271 e. The molecule has 130 valence electrons. The monoisotopic (exact) mass is 355 g/mol. The van der Waals surface area contributed by atoms with E-state index in [0.717, 1.165) is 23.2 Å². The van der Waals surface area contributed by atoms with Crippen LogP contribution in [0.1, 0.15) is 36.2 Å². The second-order valence-electron chi connectivity index (χ2n) is 6.52. The molecule has 0 saturated carbocycles. The Balaban J connectivity index is 1.99. The van der Waals surface area contributed by atoms with E-state index in [9.17, 15) is 9.59 Å². The molecule has 0 spiro atoms. The minimum Gasteiger partial charge on any atom is -0.352 e. The first-order valence-corrected chi connectivity index (χ1v) is 9.20. The van der Waals surface area contributed by atoms with E-state index in [1.807, 2.05) is 36.6 Å². The van der Waals surface area contributed by atoms with E-state index in [-0.39, 0.29) is 17.0 Å². The van der Waals surface area contributed by atoms with Crippen LogP contribution in [0.25, 0.3) is 16.2 Å². The maximum Gasteiger partial charge on any atom is 0.271 e. The molecule has 2 heterocycles. The number of carbonyl (C=O) groups excluding carboxylic acids is 1. The van der Waals surface area contributed by atoms with E-state index in [1.165, 1.54) is 21.9 Å². The van der Waals surface area contributed by atoms with Crippen molar-refractivity contribution in [2.24, 2.45) is 5.92 Å². The molecule has 2 aromatic heterocycles. The molecule has 0 unspecified atom stereocenters.